The summed E-state index contributed by atoms with van der Waals surface area (Å²) in [5.74, 6) is 0. The van der Waals surface area contributed by atoms with E-state index in [4.69, 9.17) is 5.73 Å². The van der Waals surface area contributed by atoms with E-state index in [0.717, 1.165) is 6.42 Å². The van der Waals surface area contributed by atoms with Crippen LogP contribution in [0.4, 0.5) is 0 Å². The monoisotopic (exact) mass is 211 g/mol. The van der Waals surface area contributed by atoms with Gasteiger partial charge in [-0.15, -0.1) is 19.0 Å². The van der Waals surface area contributed by atoms with Crippen LogP contribution in [0.5, 0.6) is 0 Å². The smallest absolute Gasteiger partial charge is 0.0329 e. The summed E-state index contributed by atoms with van der Waals surface area (Å²) in [6, 6.07) is 6.53. The molecule has 0 amide bonds. The third-order valence-electron chi connectivity index (χ3n) is 2.09. The quantitative estimate of drug-likeness (QED) is 0.763. The number of aryl methyl sites for hydroxylation is 2. The van der Waals surface area contributed by atoms with Crippen molar-refractivity contribution >= 4 is 12.4 Å². The van der Waals surface area contributed by atoms with Crippen LogP contribution < -0.4 is 5.73 Å². The van der Waals surface area contributed by atoms with Gasteiger partial charge in [-0.05, 0) is 25.8 Å². The topological polar surface area (TPSA) is 26.0 Å². The van der Waals surface area contributed by atoms with Crippen LogP contribution in [0.1, 0.15) is 29.2 Å². The van der Waals surface area contributed by atoms with Crippen LogP contribution in [0.15, 0.2) is 30.9 Å². The van der Waals surface area contributed by atoms with Gasteiger partial charge in [0.05, 0.1) is 0 Å². The van der Waals surface area contributed by atoms with Crippen molar-refractivity contribution in [2.45, 2.75) is 26.3 Å². The van der Waals surface area contributed by atoms with E-state index in [1.54, 1.807) is 0 Å². The molecule has 1 nitrogen and oxygen atoms in total. The van der Waals surface area contributed by atoms with Gasteiger partial charge in [-0.1, -0.05) is 35.4 Å². The van der Waals surface area contributed by atoms with E-state index in [1.165, 1.54) is 16.7 Å². The van der Waals surface area contributed by atoms with Gasteiger partial charge in [0.25, 0.3) is 0 Å². The number of hydrogen-bond donors (Lipinski definition) is 1. The SMILES string of the molecule is C=CC[C@H](N)c1cc(C)cc(C)c1.Cl. The van der Waals surface area contributed by atoms with Crippen molar-refractivity contribution in [1.29, 1.82) is 0 Å². The zero-order valence-electron chi connectivity index (χ0n) is 8.79. The first-order valence-electron chi connectivity index (χ1n) is 4.58. The van der Waals surface area contributed by atoms with Crippen molar-refractivity contribution in [1.82, 2.24) is 0 Å². The Hall–Kier alpha value is -0.790. The molecule has 1 aromatic rings. The van der Waals surface area contributed by atoms with Crippen molar-refractivity contribution in [2.24, 2.45) is 5.73 Å². The molecule has 2 heteroatoms. The Morgan fingerprint density at radius 1 is 1.29 bits per heavy atom. The maximum absolute atomic E-state index is 5.97. The van der Waals surface area contributed by atoms with Crippen molar-refractivity contribution in [2.75, 3.05) is 0 Å². The van der Waals surface area contributed by atoms with Gasteiger partial charge < -0.3 is 5.73 Å². The van der Waals surface area contributed by atoms with E-state index < -0.39 is 0 Å². The first-order valence-corrected chi connectivity index (χ1v) is 4.58. The standard InChI is InChI=1S/C12H17N.ClH/c1-4-5-12(13)11-7-9(2)6-10(3)8-11;/h4,6-8,12H,1,5,13H2,2-3H3;1H/t12-;/m0./s1. The number of hydrogen-bond acceptors (Lipinski definition) is 1. The predicted octanol–water partition coefficient (Wildman–Crippen LogP) is 3.30. The molecule has 0 bridgehead atoms. The lowest BCUT2D eigenvalue weighted by Gasteiger charge is -2.11. The minimum Gasteiger partial charge on any atom is -0.324 e. The summed E-state index contributed by atoms with van der Waals surface area (Å²) in [5, 5.41) is 0. The second-order valence-corrected chi connectivity index (χ2v) is 3.55. The molecular weight excluding hydrogens is 194 g/mol. The fraction of sp³-hybridized carbons (Fsp3) is 0.333. The molecule has 0 aliphatic heterocycles. The minimum atomic E-state index is 0. The zero-order valence-corrected chi connectivity index (χ0v) is 9.60. The molecule has 0 saturated heterocycles. The number of nitrogens with two attached hydrogens (primary N) is 1. The van der Waals surface area contributed by atoms with Crippen LogP contribution >= 0.6 is 12.4 Å². The van der Waals surface area contributed by atoms with E-state index in [-0.39, 0.29) is 18.4 Å². The highest BCUT2D eigenvalue weighted by atomic mass is 35.5. The summed E-state index contributed by atoms with van der Waals surface area (Å²) in [7, 11) is 0. The Morgan fingerprint density at radius 3 is 2.21 bits per heavy atom. The van der Waals surface area contributed by atoms with E-state index in [0.29, 0.717) is 0 Å². The summed E-state index contributed by atoms with van der Waals surface area (Å²) in [6.45, 7) is 7.88. The predicted molar refractivity (Wildman–Crippen MR) is 64.9 cm³/mol. The lowest BCUT2D eigenvalue weighted by atomic mass is 10.00. The van der Waals surface area contributed by atoms with Gasteiger partial charge in [-0.25, -0.2) is 0 Å². The molecule has 14 heavy (non-hydrogen) atoms. The first-order chi connectivity index (χ1) is 6.13. The van der Waals surface area contributed by atoms with Crippen molar-refractivity contribution < 1.29 is 0 Å². The van der Waals surface area contributed by atoms with E-state index in [2.05, 4.69) is 38.6 Å². The normalized spacial score (nSPS) is 11.6. The van der Waals surface area contributed by atoms with Crippen LogP contribution in [-0.4, -0.2) is 0 Å². The van der Waals surface area contributed by atoms with Gasteiger partial charge in [-0.2, -0.15) is 0 Å². The second kappa shape index (κ2) is 5.84. The molecule has 0 aliphatic rings. The van der Waals surface area contributed by atoms with Crippen molar-refractivity contribution in [3.05, 3.63) is 47.5 Å². The molecule has 0 unspecified atom stereocenters. The molecule has 0 fully saturated rings. The van der Waals surface area contributed by atoms with Gasteiger partial charge in [0.2, 0.25) is 0 Å². The zero-order chi connectivity index (χ0) is 9.84. The highest BCUT2D eigenvalue weighted by Crippen LogP contribution is 2.17. The number of halogens is 1. The number of rotatable bonds is 3. The van der Waals surface area contributed by atoms with E-state index in [9.17, 15) is 0 Å². The van der Waals surface area contributed by atoms with Crippen molar-refractivity contribution in [3.8, 4) is 0 Å². The third-order valence-corrected chi connectivity index (χ3v) is 2.09. The maximum atomic E-state index is 5.97. The molecule has 1 aromatic carbocycles. The van der Waals surface area contributed by atoms with Crippen molar-refractivity contribution in [3.63, 3.8) is 0 Å². The molecule has 0 saturated carbocycles. The summed E-state index contributed by atoms with van der Waals surface area (Å²) < 4.78 is 0. The van der Waals surface area contributed by atoms with Gasteiger partial charge in [-0.3, -0.25) is 0 Å². The van der Waals surface area contributed by atoms with E-state index >= 15 is 0 Å². The summed E-state index contributed by atoms with van der Waals surface area (Å²) >= 11 is 0. The summed E-state index contributed by atoms with van der Waals surface area (Å²) in [6.07, 6.45) is 2.70. The third kappa shape index (κ3) is 3.52. The van der Waals surface area contributed by atoms with Crippen LogP contribution in [0, 0.1) is 13.8 Å². The van der Waals surface area contributed by atoms with Gasteiger partial charge in [0.15, 0.2) is 0 Å². The first kappa shape index (κ1) is 13.2. The molecule has 0 heterocycles. The molecular formula is C12H18ClN. The second-order valence-electron chi connectivity index (χ2n) is 3.55. The fourth-order valence-corrected chi connectivity index (χ4v) is 1.54. The van der Waals surface area contributed by atoms with Gasteiger partial charge in [0.1, 0.15) is 0 Å². The van der Waals surface area contributed by atoms with Crippen LogP contribution in [0.2, 0.25) is 0 Å². The molecule has 0 radical (unpaired) electrons. The maximum Gasteiger partial charge on any atom is 0.0329 e. The largest absolute Gasteiger partial charge is 0.324 e. The minimum absolute atomic E-state index is 0. The Kier molecular flexibility index (Phi) is 5.51. The van der Waals surface area contributed by atoms with Gasteiger partial charge in [0, 0.05) is 6.04 Å². The highest BCUT2D eigenvalue weighted by Gasteiger charge is 2.04. The average Bonchev–Trinajstić information content (AvgIpc) is 2.03. The lowest BCUT2D eigenvalue weighted by molar-refractivity contribution is 0.740. The Bertz CT molecular complexity index is 287. The Labute approximate surface area is 92.4 Å². The van der Waals surface area contributed by atoms with Crippen LogP contribution in [-0.2, 0) is 0 Å². The molecule has 1 rings (SSSR count). The van der Waals surface area contributed by atoms with E-state index in [1.807, 2.05) is 6.08 Å². The molecule has 2 N–H and O–H groups in total. The number of benzene rings is 1. The molecule has 0 aliphatic carbocycles. The van der Waals surface area contributed by atoms with Gasteiger partial charge >= 0.3 is 0 Å². The summed E-state index contributed by atoms with van der Waals surface area (Å²) in [5.41, 5.74) is 9.72. The fourth-order valence-electron chi connectivity index (χ4n) is 1.54. The molecule has 78 valence electrons. The molecule has 0 aromatic heterocycles. The molecule has 0 spiro atoms. The van der Waals surface area contributed by atoms with Crippen LogP contribution in [0.3, 0.4) is 0 Å². The Balaban J connectivity index is 0.00000169. The summed E-state index contributed by atoms with van der Waals surface area (Å²) in [4.78, 5) is 0. The molecule has 1 atom stereocenters. The highest BCUT2D eigenvalue weighted by molar-refractivity contribution is 5.85. The lowest BCUT2D eigenvalue weighted by Crippen LogP contribution is -2.09. The van der Waals surface area contributed by atoms with Crippen LogP contribution in [0.25, 0.3) is 0 Å². The Morgan fingerprint density at radius 2 is 1.79 bits per heavy atom. The average molecular weight is 212 g/mol.